The summed E-state index contributed by atoms with van der Waals surface area (Å²) >= 11 is 0. The van der Waals surface area contributed by atoms with E-state index in [2.05, 4.69) is 16.5 Å². The standard InChI is InChI=1S/C19H21F3N2O/c1-2-18(25)23-16-7-8-17-14(11-16)9-10-24(17)12-13-3-5-15(6-4-13)19(20,21)22/h2,7-11,13,15H,1,3-6,12H2,(H,23,25). The smallest absolute Gasteiger partial charge is 0.347 e. The van der Waals surface area contributed by atoms with Crippen molar-refractivity contribution in [2.75, 3.05) is 5.32 Å². The van der Waals surface area contributed by atoms with Crippen molar-refractivity contribution in [2.24, 2.45) is 11.8 Å². The van der Waals surface area contributed by atoms with Gasteiger partial charge in [-0.2, -0.15) is 13.2 Å². The van der Waals surface area contributed by atoms with E-state index in [-0.39, 0.29) is 24.7 Å². The third-order valence-electron chi connectivity index (χ3n) is 4.99. The second-order valence-corrected chi connectivity index (χ2v) is 6.69. The van der Waals surface area contributed by atoms with E-state index in [1.807, 2.05) is 30.5 Å². The highest BCUT2D eigenvalue weighted by molar-refractivity contribution is 6.00. The molecule has 0 aliphatic heterocycles. The quantitative estimate of drug-likeness (QED) is 0.762. The molecule has 0 bridgehead atoms. The van der Waals surface area contributed by atoms with Crippen LogP contribution in [-0.2, 0) is 11.3 Å². The molecule has 3 nitrogen and oxygen atoms in total. The Balaban J connectivity index is 1.67. The molecule has 1 amide bonds. The first-order valence-electron chi connectivity index (χ1n) is 8.46. The normalized spacial score (nSPS) is 21.2. The Labute approximate surface area is 144 Å². The highest BCUT2D eigenvalue weighted by atomic mass is 19.4. The van der Waals surface area contributed by atoms with Gasteiger partial charge in [-0.3, -0.25) is 4.79 Å². The van der Waals surface area contributed by atoms with Crippen LogP contribution in [0.1, 0.15) is 25.7 Å². The maximum atomic E-state index is 12.8. The number of alkyl halides is 3. The minimum Gasteiger partial charge on any atom is -0.347 e. The minimum atomic E-state index is -4.06. The van der Waals surface area contributed by atoms with Crippen molar-refractivity contribution in [2.45, 2.75) is 38.4 Å². The molecular formula is C19H21F3N2O. The molecule has 134 valence electrons. The van der Waals surface area contributed by atoms with E-state index in [0.717, 1.165) is 17.4 Å². The molecule has 1 N–H and O–H groups in total. The number of aromatic nitrogens is 1. The van der Waals surface area contributed by atoms with Gasteiger partial charge in [-0.1, -0.05) is 6.58 Å². The lowest BCUT2D eigenvalue weighted by Gasteiger charge is -2.30. The van der Waals surface area contributed by atoms with Crippen LogP contribution >= 0.6 is 0 Å². The molecule has 3 rings (SSSR count). The lowest BCUT2D eigenvalue weighted by Crippen LogP contribution is -2.28. The SMILES string of the molecule is C=CC(=O)Nc1ccc2c(ccn2CC2CCC(C(F)(F)F)CC2)c1. The van der Waals surface area contributed by atoms with E-state index < -0.39 is 12.1 Å². The molecule has 0 spiro atoms. The second-order valence-electron chi connectivity index (χ2n) is 6.69. The Morgan fingerprint density at radius 1 is 1.24 bits per heavy atom. The van der Waals surface area contributed by atoms with E-state index in [1.165, 1.54) is 6.08 Å². The Bertz CT molecular complexity index is 771. The van der Waals surface area contributed by atoms with Gasteiger partial charge in [0.1, 0.15) is 0 Å². The summed E-state index contributed by atoms with van der Waals surface area (Å²) in [4.78, 5) is 11.4. The summed E-state index contributed by atoms with van der Waals surface area (Å²) in [7, 11) is 0. The Kier molecular flexibility index (Phi) is 4.88. The topological polar surface area (TPSA) is 34.0 Å². The van der Waals surface area contributed by atoms with Crippen molar-refractivity contribution < 1.29 is 18.0 Å². The second kappa shape index (κ2) is 6.94. The summed E-state index contributed by atoms with van der Waals surface area (Å²) in [6, 6.07) is 7.59. The van der Waals surface area contributed by atoms with Crippen molar-refractivity contribution in [1.82, 2.24) is 4.57 Å². The Hall–Kier alpha value is -2.24. The van der Waals surface area contributed by atoms with E-state index in [9.17, 15) is 18.0 Å². The Morgan fingerprint density at radius 2 is 1.96 bits per heavy atom. The molecule has 1 aromatic carbocycles. The zero-order valence-electron chi connectivity index (χ0n) is 13.9. The van der Waals surface area contributed by atoms with Crippen LogP contribution in [0.25, 0.3) is 10.9 Å². The monoisotopic (exact) mass is 350 g/mol. The van der Waals surface area contributed by atoms with Crippen LogP contribution in [0.2, 0.25) is 0 Å². The van der Waals surface area contributed by atoms with Crippen LogP contribution in [0.3, 0.4) is 0 Å². The number of hydrogen-bond acceptors (Lipinski definition) is 1. The number of nitrogens with zero attached hydrogens (tertiary/aromatic N) is 1. The lowest BCUT2D eigenvalue weighted by molar-refractivity contribution is -0.184. The number of carbonyl (C=O) groups is 1. The van der Waals surface area contributed by atoms with E-state index >= 15 is 0 Å². The summed E-state index contributed by atoms with van der Waals surface area (Å²) in [5, 5.41) is 3.71. The number of halogens is 3. The molecule has 25 heavy (non-hydrogen) atoms. The van der Waals surface area contributed by atoms with E-state index in [4.69, 9.17) is 0 Å². The van der Waals surface area contributed by atoms with Crippen molar-refractivity contribution >= 4 is 22.5 Å². The molecule has 1 aromatic heterocycles. The van der Waals surface area contributed by atoms with Gasteiger partial charge in [0.25, 0.3) is 0 Å². The molecule has 1 aliphatic carbocycles. The summed E-state index contributed by atoms with van der Waals surface area (Å²) < 4.78 is 40.4. The number of rotatable bonds is 4. The van der Waals surface area contributed by atoms with Gasteiger partial charge in [0, 0.05) is 29.3 Å². The largest absolute Gasteiger partial charge is 0.391 e. The van der Waals surface area contributed by atoms with Gasteiger partial charge in [-0.25, -0.2) is 0 Å². The van der Waals surface area contributed by atoms with Crippen LogP contribution in [0.15, 0.2) is 43.1 Å². The molecule has 0 saturated heterocycles. The zero-order chi connectivity index (χ0) is 18.0. The van der Waals surface area contributed by atoms with Crippen LogP contribution in [-0.4, -0.2) is 16.7 Å². The number of fused-ring (bicyclic) bond motifs is 1. The third-order valence-corrected chi connectivity index (χ3v) is 4.99. The Morgan fingerprint density at radius 3 is 2.60 bits per heavy atom. The summed E-state index contributed by atoms with van der Waals surface area (Å²) in [5.74, 6) is -1.13. The minimum absolute atomic E-state index is 0.227. The van der Waals surface area contributed by atoms with Gasteiger partial charge in [-0.15, -0.1) is 0 Å². The molecule has 1 aliphatic rings. The first-order valence-corrected chi connectivity index (χ1v) is 8.46. The maximum absolute atomic E-state index is 12.8. The molecular weight excluding hydrogens is 329 g/mol. The molecule has 1 saturated carbocycles. The first-order chi connectivity index (χ1) is 11.9. The van der Waals surface area contributed by atoms with Gasteiger partial charge in [-0.05, 0) is 61.9 Å². The predicted octanol–water partition coefficient (Wildman–Crippen LogP) is 5.13. The van der Waals surface area contributed by atoms with Gasteiger partial charge in [0.2, 0.25) is 5.91 Å². The van der Waals surface area contributed by atoms with Crippen LogP contribution in [0.5, 0.6) is 0 Å². The number of nitrogens with one attached hydrogen (secondary N) is 1. The fraction of sp³-hybridized carbons (Fsp3) is 0.421. The molecule has 0 unspecified atom stereocenters. The lowest BCUT2D eigenvalue weighted by atomic mass is 9.81. The van der Waals surface area contributed by atoms with Crippen LogP contribution in [0.4, 0.5) is 18.9 Å². The highest BCUT2D eigenvalue weighted by Crippen LogP contribution is 2.40. The third kappa shape index (κ3) is 4.06. The van der Waals surface area contributed by atoms with Gasteiger partial charge < -0.3 is 9.88 Å². The number of anilines is 1. The number of benzene rings is 1. The number of carbonyl (C=O) groups excluding carboxylic acids is 1. The van der Waals surface area contributed by atoms with Gasteiger partial charge >= 0.3 is 6.18 Å². The molecule has 1 heterocycles. The van der Waals surface area contributed by atoms with Gasteiger partial charge in [0.15, 0.2) is 0 Å². The van der Waals surface area contributed by atoms with Crippen molar-refractivity contribution in [3.05, 3.63) is 43.1 Å². The van der Waals surface area contributed by atoms with E-state index in [1.54, 1.807) is 0 Å². The number of amides is 1. The van der Waals surface area contributed by atoms with Crippen molar-refractivity contribution in [3.63, 3.8) is 0 Å². The van der Waals surface area contributed by atoms with Crippen molar-refractivity contribution in [3.8, 4) is 0 Å². The zero-order valence-corrected chi connectivity index (χ0v) is 13.9. The first kappa shape index (κ1) is 17.6. The molecule has 6 heteroatoms. The van der Waals surface area contributed by atoms with Crippen LogP contribution < -0.4 is 5.32 Å². The molecule has 0 radical (unpaired) electrons. The fourth-order valence-electron chi connectivity index (χ4n) is 3.58. The number of hydrogen-bond donors (Lipinski definition) is 1. The maximum Gasteiger partial charge on any atom is 0.391 e. The fourth-order valence-corrected chi connectivity index (χ4v) is 3.58. The van der Waals surface area contributed by atoms with Gasteiger partial charge in [0.05, 0.1) is 5.92 Å². The summed E-state index contributed by atoms with van der Waals surface area (Å²) in [6.07, 6.45) is 0.786. The highest BCUT2D eigenvalue weighted by Gasteiger charge is 2.41. The summed E-state index contributed by atoms with van der Waals surface area (Å²) in [5.41, 5.74) is 1.72. The van der Waals surface area contributed by atoms with Crippen molar-refractivity contribution in [1.29, 1.82) is 0 Å². The average Bonchev–Trinajstić information content (AvgIpc) is 2.96. The predicted molar refractivity (Wildman–Crippen MR) is 92.3 cm³/mol. The summed E-state index contributed by atoms with van der Waals surface area (Å²) in [6.45, 7) is 4.15. The van der Waals surface area contributed by atoms with Crippen LogP contribution in [0, 0.1) is 11.8 Å². The molecule has 0 atom stereocenters. The molecule has 2 aromatic rings. The average molecular weight is 350 g/mol. The van der Waals surface area contributed by atoms with E-state index in [0.29, 0.717) is 18.5 Å². The molecule has 1 fully saturated rings.